The number of hydrogen-bond donors (Lipinski definition) is 0. The van der Waals surface area contributed by atoms with Gasteiger partial charge in [-0.2, -0.15) is 8.78 Å². The lowest BCUT2D eigenvalue weighted by Crippen LogP contribution is -2.30. The molecule has 1 aromatic heterocycles. The van der Waals surface area contributed by atoms with Crippen molar-refractivity contribution in [2.24, 2.45) is 7.05 Å². The molecule has 0 spiro atoms. The Bertz CT molecular complexity index is 974. The maximum atomic E-state index is 15.0. The molecule has 1 heterocycles. The zero-order valence-electron chi connectivity index (χ0n) is 13.9. The number of aryl methyl sites for hydroxylation is 3. The third kappa shape index (κ3) is 1.94. The van der Waals surface area contributed by atoms with E-state index in [1.165, 1.54) is 0 Å². The van der Waals surface area contributed by atoms with Gasteiger partial charge in [-0.05, 0) is 31.0 Å². The van der Waals surface area contributed by atoms with Gasteiger partial charge < -0.3 is 0 Å². The number of nitrogens with zero attached hydrogens (tertiary/aromatic N) is 1. The van der Waals surface area contributed by atoms with E-state index in [-0.39, 0.29) is 11.1 Å². The van der Waals surface area contributed by atoms with Gasteiger partial charge in [0.1, 0.15) is 7.05 Å². The highest BCUT2D eigenvalue weighted by Crippen LogP contribution is 2.54. The van der Waals surface area contributed by atoms with E-state index in [9.17, 15) is 8.78 Å². The van der Waals surface area contributed by atoms with Gasteiger partial charge in [-0.1, -0.05) is 35.9 Å². The van der Waals surface area contributed by atoms with Crippen LogP contribution in [0.5, 0.6) is 0 Å². The van der Waals surface area contributed by atoms with Crippen molar-refractivity contribution >= 4 is 0 Å². The van der Waals surface area contributed by atoms with Gasteiger partial charge in [0.25, 0.3) is 5.92 Å². The molecule has 1 nitrogen and oxygen atoms in total. The molecular formula is C21H18F2N+. The van der Waals surface area contributed by atoms with E-state index in [0.717, 1.165) is 22.4 Å². The van der Waals surface area contributed by atoms with Gasteiger partial charge in [-0.3, -0.25) is 0 Å². The summed E-state index contributed by atoms with van der Waals surface area (Å²) in [7, 11) is 1.94. The lowest BCUT2D eigenvalue weighted by atomic mass is 9.92. The molecule has 0 atom stereocenters. The molecular weight excluding hydrogens is 304 g/mol. The Balaban J connectivity index is 2.15. The summed E-state index contributed by atoms with van der Waals surface area (Å²) in [6.45, 7) is 3.92. The Kier molecular flexibility index (Phi) is 3.11. The van der Waals surface area contributed by atoms with Crippen LogP contribution in [0.2, 0.25) is 0 Å². The highest BCUT2D eigenvalue weighted by molar-refractivity contribution is 5.92. The lowest BCUT2D eigenvalue weighted by Gasteiger charge is -2.14. The quantitative estimate of drug-likeness (QED) is 0.560. The Hall–Kier alpha value is -2.55. The molecule has 1 aliphatic rings. The first-order chi connectivity index (χ1) is 11.4. The predicted molar refractivity (Wildman–Crippen MR) is 91.0 cm³/mol. The molecule has 2 aromatic carbocycles. The molecule has 0 saturated heterocycles. The molecule has 24 heavy (non-hydrogen) atoms. The van der Waals surface area contributed by atoms with Crippen LogP contribution in [0.15, 0.2) is 54.7 Å². The van der Waals surface area contributed by atoms with E-state index < -0.39 is 5.92 Å². The minimum Gasteiger partial charge on any atom is -0.201 e. The highest BCUT2D eigenvalue weighted by Gasteiger charge is 2.46. The van der Waals surface area contributed by atoms with Crippen LogP contribution < -0.4 is 4.57 Å². The van der Waals surface area contributed by atoms with Gasteiger partial charge in [0, 0.05) is 28.8 Å². The summed E-state index contributed by atoms with van der Waals surface area (Å²) < 4.78 is 31.9. The van der Waals surface area contributed by atoms with Crippen molar-refractivity contribution < 1.29 is 13.3 Å². The zero-order valence-corrected chi connectivity index (χ0v) is 13.9. The molecule has 120 valence electrons. The van der Waals surface area contributed by atoms with Crippen LogP contribution in [0, 0.1) is 13.8 Å². The van der Waals surface area contributed by atoms with Crippen molar-refractivity contribution in [3.05, 3.63) is 77.0 Å². The fraction of sp³-hybridized carbons (Fsp3) is 0.190. The normalized spacial score (nSPS) is 14.4. The zero-order chi connectivity index (χ0) is 17.1. The Morgan fingerprint density at radius 2 is 1.62 bits per heavy atom. The maximum Gasteiger partial charge on any atom is 0.299 e. The molecule has 1 aliphatic carbocycles. The third-order valence-corrected chi connectivity index (χ3v) is 4.85. The summed E-state index contributed by atoms with van der Waals surface area (Å²) in [5.74, 6) is -2.95. The van der Waals surface area contributed by atoms with Crippen molar-refractivity contribution in [3.8, 4) is 22.4 Å². The summed E-state index contributed by atoms with van der Waals surface area (Å²) in [4.78, 5) is 0. The van der Waals surface area contributed by atoms with Crippen LogP contribution in [0.3, 0.4) is 0 Å². The number of fused-ring (bicyclic) bond motifs is 3. The number of alkyl halides is 2. The molecule has 4 rings (SSSR count). The van der Waals surface area contributed by atoms with E-state index >= 15 is 0 Å². The minimum absolute atomic E-state index is 0.104. The first kappa shape index (κ1) is 15.0. The molecule has 0 unspecified atom stereocenters. The van der Waals surface area contributed by atoms with E-state index in [4.69, 9.17) is 0 Å². The SMILES string of the molecule is Cc1ccc2c(c1)-c1c(ccc(C)c1-c1cccc[n+]1C)C2(F)F. The summed E-state index contributed by atoms with van der Waals surface area (Å²) in [6.07, 6.45) is 1.94. The van der Waals surface area contributed by atoms with Gasteiger partial charge >= 0.3 is 0 Å². The summed E-state index contributed by atoms with van der Waals surface area (Å²) >= 11 is 0. The third-order valence-electron chi connectivity index (χ3n) is 4.85. The van der Waals surface area contributed by atoms with Gasteiger partial charge in [0.05, 0.1) is 5.56 Å². The monoisotopic (exact) mass is 322 g/mol. The fourth-order valence-electron chi connectivity index (χ4n) is 3.65. The average Bonchev–Trinajstić information content (AvgIpc) is 2.76. The Labute approximate surface area is 140 Å². The second-order valence-electron chi connectivity index (χ2n) is 6.50. The van der Waals surface area contributed by atoms with Gasteiger partial charge in [0.15, 0.2) is 6.20 Å². The van der Waals surface area contributed by atoms with Crippen molar-refractivity contribution in [1.29, 1.82) is 0 Å². The van der Waals surface area contributed by atoms with E-state index in [1.54, 1.807) is 24.3 Å². The number of pyridine rings is 1. The predicted octanol–water partition coefficient (Wildman–Crippen LogP) is 4.92. The second kappa shape index (κ2) is 4.97. The van der Waals surface area contributed by atoms with Crippen LogP contribution in [0.25, 0.3) is 22.4 Å². The van der Waals surface area contributed by atoms with E-state index in [2.05, 4.69) is 0 Å². The number of benzene rings is 2. The minimum atomic E-state index is -2.95. The van der Waals surface area contributed by atoms with Crippen LogP contribution in [0.1, 0.15) is 22.3 Å². The maximum absolute atomic E-state index is 15.0. The van der Waals surface area contributed by atoms with Crippen molar-refractivity contribution in [2.45, 2.75) is 19.8 Å². The number of aromatic nitrogens is 1. The summed E-state index contributed by atoms with van der Waals surface area (Å²) in [6, 6.07) is 14.4. The largest absolute Gasteiger partial charge is 0.299 e. The van der Waals surface area contributed by atoms with E-state index in [1.807, 2.05) is 55.9 Å². The van der Waals surface area contributed by atoms with E-state index in [0.29, 0.717) is 11.1 Å². The van der Waals surface area contributed by atoms with Crippen LogP contribution in [-0.2, 0) is 13.0 Å². The molecule has 0 saturated carbocycles. The summed E-state index contributed by atoms with van der Waals surface area (Å²) in [5, 5.41) is 0. The molecule has 0 amide bonds. The fourth-order valence-corrected chi connectivity index (χ4v) is 3.65. The molecule has 0 N–H and O–H groups in total. The first-order valence-corrected chi connectivity index (χ1v) is 7.99. The molecule has 0 aliphatic heterocycles. The molecule has 3 aromatic rings. The standard InChI is InChI=1S/C21H18F2N/c1-13-7-9-16-15(12-13)20-17(21(16,22)23)10-8-14(2)19(20)18-6-4-5-11-24(18)3/h4-12H,1-3H3/q+1. The van der Waals surface area contributed by atoms with Crippen LogP contribution in [0.4, 0.5) is 8.78 Å². The van der Waals surface area contributed by atoms with Crippen molar-refractivity contribution in [3.63, 3.8) is 0 Å². The Morgan fingerprint density at radius 3 is 2.38 bits per heavy atom. The molecule has 0 fully saturated rings. The van der Waals surface area contributed by atoms with Gasteiger partial charge in [0.2, 0.25) is 5.69 Å². The number of rotatable bonds is 1. The number of halogens is 2. The topological polar surface area (TPSA) is 3.88 Å². The first-order valence-electron chi connectivity index (χ1n) is 7.99. The molecule has 0 radical (unpaired) electrons. The Morgan fingerprint density at radius 1 is 0.875 bits per heavy atom. The van der Waals surface area contributed by atoms with Crippen molar-refractivity contribution in [1.82, 2.24) is 0 Å². The number of hydrogen-bond acceptors (Lipinski definition) is 0. The highest BCUT2D eigenvalue weighted by atomic mass is 19.3. The summed E-state index contributed by atoms with van der Waals surface area (Å²) in [5.41, 5.74) is 5.35. The van der Waals surface area contributed by atoms with Gasteiger partial charge in [-0.25, -0.2) is 4.57 Å². The lowest BCUT2D eigenvalue weighted by molar-refractivity contribution is -0.660. The smallest absolute Gasteiger partial charge is 0.201 e. The molecule has 0 bridgehead atoms. The van der Waals surface area contributed by atoms with Crippen molar-refractivity contribution in [2.75, 3.05) is 0 Å². The molecule has 3 heteroatoms. The van der Waals surface area contributed by atoms with Crippen LogP contribution in [-0.4, -0.2) is 0 Å². The average molecular weight is 322 g/mol. The second-order valence-corrected chi connectivity index (χ2v) is 6.50. The van der Waals surface area contributed by atoms with Crippen LogP contribution >= 0.6 is 0 Å². The van der Waals surface area contributed by atoms with Gasteiger partial charge in [-0.15, -0.1) is 0 Å².